The molecule has 1 heterocycles. The second-order valence-electron chi connectivity index (χ2n) is 4.91. The van der Waals surface area contributed by atoms with Crippen molar-refractivity contribution < 1.29 is 19.4 Å². The summed E-state index contributed by atoms with van der Waals surface area (Å²) in [7, 11) is 0. The maximum absolute atomic E-state index is 11.8. The van der Waals surface area contributed by atoms with E-state index in [1.54, 1.807) is 4.90 Å². The molecule has 1 amide bonds. The molecule has 1 saturated carbocycles. The van der Waals surface area contributed by atoms with E-state index in [9.17, 15) is 9.59 Å². The van der Waals surface area contributed by atoms with Crippen LogP contribution in [0.15, 0.2) is 0 Å². The van der Waals surface area contributed by atoms with Crippen LogP contribution >= 0.6 is 0 Å². The fraction of sp³-hybridized carbons (Fsp3) is 0.833. The Kier molecular flexibility index (Phi) is 3.86. The highest BCUT2D eigenvalue weighted by atomic mass is 16.6. The van der Waals surface area contributed by atoms with Gasteiger partial charge in [-0.2, -0.15) is 0 Å². The summed E-state index contributed by atoms with van der Waals surface area (Å²) in [4.78, 5) is 24.3. The van der Waals surface area contributed by atoms with E-state index in [1.165, 1.54) is 0 Å². The van der Waals surface area contributed by atoms with E-state index in [1.807, 2.05) is 0 Å². The third-order valence-corrected chi connectivity index (χ3v) is 3.60. The Morgan fingerprint density at radius 3 is 2.47 bits per heavy atom. The summed E-state index contributed by atoms with van der Waals surface area (Å²) in [6.07, 6.45) is 5.25. The zero-order valence-electron chi connectivity index (χ0n) is 9.93. The Labute approximate surface area is 101 Å². The molecule has 0 spiro atoms. The van der Waals surface area contributed by atoms with E-state index in [4.69, 9.17) is 9.84 Å². The molecule has 1 saturated heterocycles. The molecule has 2 rings (SSSR count). The van der Waals surface area contributed by atoms with Gasteiger partial charge >= 0.3 is 12.1 Å². The number of rotatable bonds is 2. The SMILES string of the molecule is O=C(O)[C@@H]1CCCN(C(=O)OC2CCCC2)C1. The van der Waals surface area contributed by atoms with E-state index in [0.717, 1.165) is 32.1 Å². The highest BCUT2D eigenvalue weighted by molar-refractivity contribution is 5.73. The number of carbonyl (C=O) groups excluding carboxylic acids is 1. The first-order valence-electron chi connectivity index (χ1n) is 6.35. The topological polar surface area (TPSA) is 66.8 Å². The van der Waals surface area contributed by atoms with Gasteiger partial charge < -0.3 is 14.7 Å². The number of carboxylic acids is 1. The third kappa shape index (κ3) is 3.11. The summed E-state index contributed by atoms with van der Waals surface area (Å²) < 4.78 is 5.37. The summed E-state index contributed by atoms with van der Waals surface area (Å²) in [5.74, 6) is -1.25. The summed E-state index contributed by atoms with van der Waals surface area (Å²) in [5, 5.41) is 8.94. The zero-order chi connectivity index (χ0) is 12.3. The smallest absolute Gasteiger partial charge is 0.410 e. The number of carboxylic acid groups (broad SMARTS) is 1. The Balaban J connectivity index is 1.83. The number of carbonyl (C=O) groups is 2. The van der Waals surface area contributed by atoms with Crippen molar-refractivity contribution in [2.24, 2.45) is 5.92 Å². The lowest BCUT2D eigenvalue weighted by molar-refractivity contribution is -0.143. The number of piperidine rings is 1. The Bertz CT molecular complexity index is 299. The van der Waals surface area contributed by atoms with Crippen molar-refractivity contribution in [2.45, 2.75) is 44.6 Å². The minimum Gasteiger partial charge on any atom is -0.481 e. The van der Waals surface area contributed by atoms with Gasteiger partial charge in [0, 0.05) is 13.1 Å². The minimum absolute atomic E-state index is 0.0488. The Morgan fingerprint density at radius 1 is 1.12 bits per heavy atom. The fourth-order valence-electron chi connectivity index (χ4n) is 2.57. The van der Waals surface area contributed by atoms with Gasteiger partial charge in [-0.3, -0.25) is 4.79 Å². The van der Waals surface area contributed by atoms with Gasteiger partial charge in [-0.1, -0.05) is 0 Å². The van der Waals surface area contributed by atoms with Gasteiger partial charge in [0.15, 0.2) is 0 Å². The molecular formula is C12H19NO4. The van der Waals surface area contributed by atoms with Crippen LogP contribution in [0.5, 0.6) is 0 Å². The molecule has 2 aliphatic rings. The van der Waals surface area contributed by atoms with Crippen molar-refractivity contribution in [2.75, 3.05) is 13.1 Å². The number of hydrogen-bond donors (Lipinski definition) is 1. The van der Waals surface area contributed by atoms with Crippen LogP contribution in [0.1, 0.15) is 38.5 Å². The molecule has 1 aliphatic heterocycles. The average molecular weight is 241 g/mol. The van der Waals surface area contributed by atoms with Gasteiger partial charge in [-0.15, -0.1) is 0 Å². The summed E-state index contributed by atoms with van der Waals surface area (Å²) in [6, 6.07) is 0. The number of nitrogens with zero attached hydrogens (tertiary/aromatic N) is 1. The van der Waals surface area contributed by atoms with Gasteiger partial charge in [0.25, 0.3) is 0 Å². The molecule has 0 bridgehead atoms. The molecule has 0 aromatic rings. The van der Waals surface area contributed by atoms with Crippen LogP contribution in [0.25, 0.3) is 0 Å². The van der Waals surface area contributed by atoms with Crippen LogP contribution < -0.4 is 0 Å². The van der Waals surface area contributed by atoms with Gasteiger partial charge in [0.05, 0.1) is 5.92 Å². The molecule has 5 heteroatoms. The first kappa shape index (κ1) is 12.2. The second-order valence-corrected chi connectivity index (χ2v) is 4.91. The number of aliphatic carboxylic acids is 1. The lowest BCUT2D eigenvalue weighted by atomic mass is 9.99. The van der Waals surface area contributed by atoms with E-state index >= 15 is 0 Å². The largest absolute Gasteiger partial charge is 0.481 e. The summed E-state index contributed by atoms with van der Waals surface area (Å²) in [5.41, 5.74) is 0. The van der Waals surface area contributed by atoms with Gasteiger partial charge in [0.1, 0.15) is 6.10 Å². The normalized spacial score (nSPS) is 25.9. The number of ether oxygens (including phenoxy) is 1. The van der Waals surface area contributed by atoms with Crippen molar-refractivity contribution in [3.05, 3.63) is 0 Å². The first-order chi connectivity index (χ1) is 8.16. The van der Waals surface area contributed by atoms with E-state index in [2.05, 4.69) is 0 Å². The van der Waals surface area contributed by atoms with Crippen LogP contribution in [-0.2, 0) is 9.53 Å². The van der Waals surface area contributed by atoms with Crippen molar-refractivity contribution in [3.63, 3.8) is 0 Å². The highest BCUT2D eigenvalue weighted by Crippen LogP contribution is 2.23. The molecule has 96 valence electrons. The maximum atomic E-state index is 11.8. The van der Waals surface area contributed by atoms with Gasteiger partial charge in [0.2, 0.25) is 0 Å². The highest BCUT2D eigenvalue weighted by Gasteiger charge is 2.30. The van der Waals surface area contributed by atoms with Crippen molar-refractivity contribution in [3.8, 4) is 0 Å². The Morgan fingerprint density at radius 2 is 1.82 bits per heavy atom. The number of likely N-dealkylation sites (tertiary alicyclic amines) is 1. The van der Waals surface area contributed by atoms with Crippen LogP contribution in [0.2, 0.25) is 0 Å². The standard InChI is InChI=1S/C12H19NO4/c14-11(15)9-4-3-7-13(8-9)12(16)17-10-5-1-2-6-10/h9-10H,1-8H2,(H,14,15)/t9-/m1/s1. The lowest BCUT2D eigenvalue weighted by Gasteiger charge is -2.30. The molecular weight excluding hydrogens is 222 g/mol. The quantitative estimate of drug-likeness (QED) is 0.801. The minimum atomic E-state index is -0.816. The predicted octanol–water partition coefficient (Wildman–Crippen LogP) is 1.86. The molecule has 0 radical (unpaired) electrons. The van der Waals surface area contributed by atoms with Gasteiger partial charge in [-0.25, -0.2) is 4.79 Å². The van der Waals surface area contributed by atoms with Gasteiger partial charge in [-0.05, 0) is 38.5 Å². The molecule has 0 aromatic heterocycles. The Hall–Kier alpha value is -1.26. The van der Waals surface area contributed by atoms with Crippen LogP contribution in [0, 0.1) is 5.92 Å². The van der Waals surface area contributed by atoms with E-state index < -0.39 is 11.9 Å². The fourth-order valence-corrected chi connectivity index (χ4v) is 2.57. The molecule has 2 fully saturated rings. The van der Waals surface area contributed by atoms with Crippen LogP contribution in [0.3, 0.4) is 0 Å². The zero-order valence-corrected chi connectivity index (χ0v) is 9.93. The number of hydrogen-bond acceptors (Lipinski definition) is 3. The monoisotopic (exact) mass is 241 g/mol. The van der Waals surface area contributed by atoms with E-state index in [-0.39, 0.29) is 12.2 Å². The third-order valence-electron chi connectivity index (χ3n) is 3.60. The van der Waals surface area contributed by atoms with Crippen LogP contribution in [0.4, 0.5) is 4.79 Å². The van der Waals surface area contributed by atoms with Crippen molar-refractivity contribution in [1.82, 2.24) is 4.90 Å². The van der Waals surface area contributed by atoms with Crippen LogP contribution in [-0.4, -0.2) is 41.3 Å². The molecule has 1 aliphatic carbocycles. The molecule has 1 atom stereocenters. The number of amides is 1. The molecule has 17 heavy (non-hydrogen) atoms. The first-order valence-corrected chi connectivity index (χ1v) is 6.35. The van der Waals surface area contributed by atoms with Crippen molar-refractivity contribution in [1.29, 1.82) is 0 Å². The summed E-state index contributed by atoms with van der Waals surface area (Å²) in [6.45, 7) is 0.913. The van der Waals surface area contributed by atoms with Crippen molar-refractivity contribution >= 4 is 12.1 Å². The average Bonchev–Trinajstić information content (AvgIpc) is 2.82. The molecule has 0 unspecified atom stereocenters. The van der Waals surface area contributed by atoms with E-state index in [0.29, 0.717) is 19.5 Å². The summed E-state index contributed by atoms with van der Waals surface area (Å²) >= 11 is 0. The second kappa shape index (κ2) is 5.38. The lowest BCUT2D eigenvalue weighted by Crippen LogP contribution is -2.43. The predicted molar refractivity (Wildman–Crippen MR) is 60.7 cm³/mol. The maximum Gasteiger partial charge on any atom is 0.410 e. The molecule has 5 nitrogen and oxygen atoms in total. The molecule has 1 N–H and O–H groups in total. The molecule has 0 aromatic carbocycles.